The SMILES string of the molecule is CCCNc1cnn(Cc2ccc3c(c2)CCC3)c(=O)c1. The van der Waals surface area contributed by atoms with Crippen LogP contribution in [0.2, 0.25) is 0 Å². The third-order valence-electron chi connectivity index (χ3n) is 3.94. The van der Waals surface area contributed by atoms with Gasteiger partial charge in [-0.3, -0.25) is 4.79 Å². The van der Waals surface area contributed by atoms with E-state index in [1.807, 2.05) is 0 Å². The molecule has 2 aromatic rings. The average Bonchev–Trinajstić information content (AvgIpc) is 2.95. The third kappa shape index (κ3) is 3.15. The quantitative estimate of drug-likeness (QED) is 0.917. The molecule has 1 heterocycles. The molecular formula is C17H21N3O. The van der Waals surface area contributed by atoms with Crippen LogP contribution in [0, 0.1) is 0 Å². The van der Waals surface area contributed by atoms with E-state index in [1.54, 1.807) is 12.3 Å². The number of anilines is 1. The molecule has 0 bridgehead atoms. The molecule has 0 saturated carbocycles. The zero-order chi connectivity index (χ0) is 14.7. The Balaban J connectivity index is 1.77. The van der Waals surface area contributed by atoms with E-state index in [4.69, 9.17) is 0 Å². The van der Waals surface area contributed by atoms with Crippen molar-refractivity contribution in [1.29, 1.82) is 0 Å². The second kappa shape index (κ2) is 6.12. The van der Waals surface area contributed by atoms with Crippen LogP contribution in [-0.2, 0) is 19.4 Å². The van der Waals surface area contributed by atoms with Crippen molar-refractivity contribution < 1.29 is 0 Å². The molecule has 4 nitrogen and oxygen atoms in total. The minimum atomic E-state index is -0.0587. The van der Waals surface area contributed by atoms with Gasteiger partial charge in [0.1, 0.15) is 0 Å². The lowest BCUT2D eigenvalue weighted by molar-refractivity contribution is 0.639. The Morgan fingerprint density at radius 3 is 2.90 bits per heavy atom. The molecule has 21 heavy (non-hydrogen) atoms. The van der Waals surface area contributed by atoms with Gasteiger partial charge in [-0.2, -0.15) is 5.10 Å². The molecule has 0 unspecified atom stereocenters. The highest BCUT2D eigenvalue weighted by Crippen LogP contribution is 2.22. The van der Waals surface area contributed by atoms with Crippen molar-refractivity contribution in [2.24, 2.45) is 0 Å². The molecule has 3 rings (SSSR count). The van der Waals surface area contributed by atoms with Crippen LogP contribution in [0.3, 0.4) is 0 Å². The fourth-order valence-corrected chi connectivity index (χ4v) is 2.81. The van der Waals surface area contributed by atoms with Crippen molar-refractivity contribution in [1.82, 2.24) is 9.78 Å². The predicted molar refractivity (Wildman–Crippen MR) is 84.8 cm³/mol. The molecule has 1 aromatic heterocycles. The van der Waals surface area contributed by atoms with Crippen molar-refractivity contribution >= 4 is 5.69 Å². The molecule has 0 radical (unpaired) electrons. The van der Waals surface area contributed by atoms with Crippen LogP contribution in [0.1, 0.15) is 36.5 Å². The summed E-state index contributed by atoms with van der Waals surface area (Å²) in [6.07, 6.45) is 6.34. The lowest BCUT2D eigenvalue weighted by Gasteiger charge is -2.08. The normalized spacial score (nSPS) is 13.2. The summed E-state index contributed by atoms with van der Waals surface area (Å²) in [5.41, 5.74) is 4.78. The number of rotatable bonds is 5. The van der Waals surface area contributed by atoms with Gasteiger partial charge in [-0.05, 0) is 42.4 Å². The number of nitrogens with zero attached hydrogens (tertiary/aromatic N) is 2. The van der Waals surface area contributed by atoms with Gasteiger partial charge >= 0.3 is 0 Å². The lowest BCUT2D eigenvalue weighted by atomic mass is 10.1. The van der Waals surface area contributed by atoms with Crippen molar-refractivity contribution in [3.8, 4) is 0 Å². The Morgan fingerprint density at radius 2 is 2.10 bits per heavy atom. The zero-order valence-corrected chi connectivity index (χ0v) is 12.4. The van der Waals surface area contributed by atoms with Gasteiger partial charge in [0.05, 0.1) is 18.4 Å². The molecule has 1 N–H and O–H groups in total. The number of fused-ring (bicyclic) bond motifs is 1. The standard InChI is InChI=1S/C17H21N3O/c1-2-8-18-16-10-17(21)20(19-11-16)12-13-6-7-14-4-3-5-15(14)9-13/h6-7,9-11,18H,2-5,8,12H2,1H3. The minimum absolute atomic E-state index is 0.0587. The first-order valence-corrected chi connectivity index (χ1v) is 7.68. The fourth-order valence-electron chi connectivity index (χ4n) is 2.81. The van der Waals surface area contributed by atoms with Gasteiger partial charge < -0.3 is 5.32 Å². The van der Waals surface area contributed by atoms with E-state index in [0.29, 0.717) is 6.54 Å². The number of aryl methyl sites for hydroxylation is 2. The monoisotopic (exact) mass is 283 g/mol. The van der Waals surface area contributed by atoms with E-state index in [1.165, 1.54) is 28.7 Å². The van der Waals surface area contributed by atoms with E-state index < -0.39 is 0 Å². The molecule has 0 fully saturated rings. The summed E-state index contributed by atoms with van der Waals surface area (Å²) in [6.45, 7) is 3.49. The second-order valence-electron chi connectivity index (χ2n) is 5.62. The smallest absolute Gasteiger partial charge is 0.269 e. The van der Waals surface area contributed by atoms with Gasteiger partial charge in [0.2, 0.25) is 0 Å². The molecule has 0 spiro atoms. The highest BCUT2D eigenvalue weighted by molar-refractivity contribution is 5.39. The third-order valence-corrected chi connectivity index (χ3v) is 3.94. The number of aromatic nitrogens is 2. The van der Waals surface area contributed by atoms with E-state index in [9.17, 15) is 4.79 Å². The summed E-state index contributed by atoms with van der Waals surface area (Å²) < 4.78 is 1.52. The Labute approximate surface area is 124 Å². The van der Waals surface area contributed by atoms with Crippen LogP contribution < -0.4 is 10.9 Å². The number of benzene rings is 1. The summed E-state index contributed by atoms with van der Waals surface area (Å²) in [5.74, 6) is 0. The molecular weight excluding hydrogens is 262 g/mol. The summed E-state index contributed by atoms with van der Waals surface area (Å²) >= 11 is 0. The molecule has 1 aliphatic carbocycles. The van der Waals surface area contributed by atoms with E-state index in [-0.39, 0.29) is 5.56 Å². The first-order valence-electron chi connectivity index (χ1n) is 7.68. The van der Waals surface area contributed by atoms with Crippen LogP contribution in [0.5, 0.6) is 0 Å². The van der Waals surface area contributed by atoms with E-state index >= 15 is 0 Å². The van der Waals surface area contributed by atoms with Crippen LogP contribution in [0.4, 0.5) is 5.69 Å². The van der Waals surface area contributed by atoms with Crippen molar-refractivity contribution in [3.63, 3.8) is 0 Å². The topological polar surface area (TPSA) is 46.9 Å². The largest absolute Gasteiger partial charge is 0.384 e. The molecule has 0 aliphatic heterocycles. The zero-order valence-electron chi connectivity index (χ0n) is 12.4. The van der Waals surface area contributed by atoms with Gasteiger partial charge in [-0.15, -0.1) is 0 Å². The van der Waals surface area contributed by atoms with Crippen molar-refractivity contribution in [2.45, 2.75) is 39.2 Å². The molecule has 110 valence electrons. The molecule has 0 saturated heterocycles. The van der Waals surface area contributed by atoms with Gasteiger partial charge in [0, 0.05) is 12.6 Å². The van der Waals surface area contributed by atoms with Gasteiger partial charge in [-0.1, -0.05) is 25.1 Å². The van der Waals surface area contributed by atoms with Crippen molar-refractivity contribution in [3.05, 3.63) is 57.5 Å². The maximum atomic E-state index is 12.1. The summed E-state index contributed by atoms with van der Waals surface area (Å²) in [4.78, 5) is 12.1. The van der Waals surface area contributed by atoms with Crippen LogP contribution in [-0.4, -0.2) is 16.3 Å². The second-order valence-corrected chi connectivity index (χ2v) is 5.62. The molecule has 1 aromatic carbocycles. The van der Waals surface area contributed by atoms with Crippen LogP contribution in [0.25, 0.3) is 0 Å². The molecule has 4 heteroatoms. The lowest BCUT2D eigenvalue weighted by Crippen LogP contribution is -2.23. The van der Waals surface area contributed by atoms with Crippen molar-refractivity contribution in [2.75, 3.05) is 11.9 Å². The maximum absolute atomic E-state index is 12.1. The first kappa shape index (κ1) is 13.9. The number of nitrogens with one attached hydrogen (secondary N) is 1. The predicted octanol–water partition coefficient (Wildman–Crippen LogP) is 2.60. The van der Waals surface area contributed by atoms with Crippen LogP contribution >= 0.6 is 0 Å². The Kier molecular flexibility index (Phi) is 4.04. The molecule has 0 amide bonds. The summed E-state index contributed by atoms with van der Waals surface area (Å²) in [6, 6.07) is 8.15. The summed E-state index contributed by atoms with van der Waals surface area (Å²) in [5, 5.41) is 7.45. The highest BCUT2D eigenvalue weighted by Gasteiger charge is 2.11. The summed E-state index contributed by atoms with van der Waals surface area (Å²) in [7, 11) is 0. The maximum Gasteiger partial charge on any atom is 0.269 e. The van der Waals surface area contributed by atoms with Gasteiger partial charge in [-0.25, -0.2) is 4.68 Å². The average molecular weight is 283 g/mol. The first-order chi connectivity index (χ1) is 10.3. The Morgan fingerprint density at radius 1 is 1.24 bits per heavy atom. The van der Waals surface area contributed by atoms with Gasteiger partial charge in [0.25, 0.3) is 5.56 Å². The van der Waals surface area contributed by atoms with E-state index in [0.717, 1.165) is 30.6 Å². The molecule has 1 aliphatic rings. The highest BCUT2D eigenvalue weighted by atomic mass is 16.1. The van der Waals surface area contributed by atoms with Gasteiger partial charge in [0.15, 0.2) is 0 Å². The number of hydrogen-bond acceptors (Lipinski definition) is 3. The Bertz CT molecular complexity index is 691. The fraction of sp³-hybridized carbons (Fsp3) is 0.412. The number of hydrogen-bond donors (Lipinski definition) is 1. The van der Waals surface area contributed by atoms with Crippen LogP contribution in [0.15, 0.2) is 35.3 Å². The molecule has 0 atom stereocenters. The Hall–Kier alpha value is -2.10. The minimum Gasteiger partial charge on any atom is -0.384 e. The van der Waals surface area contributed by atoms with E-state index in [2.05, 4.69) is 35.5 Å².